The van der Waals surface area contributed by atoms with Crippen LogP contribution in [-0.4, -0.2) is 48.9 Å². The van der Waals surface area contributed by atoms with Gasteiger partial charge in [-0.15, -0.1) is 0 Å². The molecular formula is C15H27N3O2. The van der Waals surface area contributed by atoms with Gasteiger partial charge in [0.15, 0.2) is 0 Å². The first-order valence-corrected chi connectivity index (χ1v) is 8.03. The summed E-state index contributed by atoms with van der Waals surface area (Å²) in [5.74, 6) is 0.413. The van der Waals surface area contributed by atoms with Crippen LogP contribution in [-0.2, 0) is 9.59 Å². The smallest absolute Gasteiger partial charge is 0.222 e. The van der Waals surface area contributed by atoms with Gasteiger partial charge in [0, 0.05) is 38.5 Å². The summed E-state index contributed by atoms with van der Waals surface area (Å²) in [7, 11) is 0. The van der Waals surface area contributed by atoms with Gasteiger partial charge in [0.1, 0.15) is 0 Å². The number of carbonyl (C=O) groups is 2. The van der Waals surface area contributed by atoms with Crippen molar-refractivity contribution < 1.29 is 9.59 Å². The van der Waals surface area contributed by atoms with E-state index in [0.717, 1.165) is 51.7 Å². The molecule has 114 valence electrons. The molecule has 2 N–H and O–H groups in total. The van der Waals surface area contributed by atoms with Crippen molar-refractivity contribution in [3.63, 3.8) is 0 Å². The van der Waals surface area contributed by atoms with E-state index in [4.69, 9.17) is 0 Å². The molecule has 2 amide bonds. The number of amides is 2. The molecule has 5 nitrogen and oxygen atoms in total. The molecule has 2 aliphatic heterocycles. The minimum atomic E-state index is 0.131. The molecule has 1 unspecified atom stereocenters. The molecule has 2 heterocycles. The Morgan fingerprint density at radius 1 is 1.30 bits per heavy atom. The maximum Gasteiger partial charge on any atom is 0.222 e. The summed E-state index contributed by atoms with van der Waals surface area (Å²) >= 11 is 0. The van der Waals surface area contributed by atoms with E-state index in [0.29, 0.717) is 25.4 Å². The number of likely N-dealkylation sites (tertiary alicyclic amines) is 1. The number of carbonyl (C=O) groups excluding carboxylic acids is 2. The van der Waals surface area contributed by atoms with Gasteiger partial charge in [0.25, 0.3) is 0 Å². The summed E-state index contributed by atoms with van der Waals surface area (Å²) in [5.41, 5.74) is 0. The summed E-state index contributed by atoms with van der Waals surface area (Å²) in [6.07, 6.45) is 7.72. The van der Waals surface area contributed by atoms with Crippen molar-refractivity contribution in [1.82, 2.24) is 15.5 Å². The number of hydrogen-bond acceptors (Lipinski definition) is 3. The Balaban J connectivity index is 1.55. The lowest BCUT2D eigenvalue weighted by molar-refractivity contribution is -0.130. The fourth-order valence-corrected chi connectivity index (χ4v) is 3.00. The lowest BCUT2D eigenvalue weighted by Gasteiger charge is -2.20. The van der Waals surface area contributed by atoms with Gasteiger partial charge in [-0.3, -0.25) is 9.59 Å². The van der Waals surface area contributed by atoms with Crippen LogP contribution in [0.3, 0.4) is 0 Å². The van der Waals surface area contributed by atoms with E-state index in [-0.39, 0.29) is 11.8 Å². The number of hydrogen-bond donors (Lipinski definition) is 2. The second kappa shape index (κ2) is 8.25. The van der Waals surface area contributed by atoms with Gasteiger partial charge in [-0.25, -0.2) is 0 Å². The Labute approximate surface area is 121 Å². The van der Waals surface area contributed by atoms with Crippen LogP contribution in [0.2, 0.25) is 0 Å². The Morgan fingerprint density at radius 3 is 3.00 bits per heavy atom. The highest BCUT2D eigenvalue weighted by Gasteiger charge is 2.18. The third kappa shape index (κ3) is 5.12. The van der Waals surface area contributed by atoms with Gasteiger partial charge in [-0.05, 0) is 38.6 Å². The molecule has 2 saturated heterocycles. The average Bonchev–Trinajstić information content (AvgIpc) is 2.84. The Kier molecular flexibility index (Phi) is 6.30. The molecule has 0 bridgehead atoms. The van der Waals surface area contributed by atoms with Crippen molar-refractivity contribution in [2.45, 2.75) is 57.4 Å². The Morgan fingerprint density at radius 2 is 2.20 bits per heavy atom. The summed E-state index contributed by atoms with van der Waals surface area (Å²) in [6, 6.07) is 0.363. The van der Waals surface area contributed by atoms with Crippen LogP contribution in [0.5, 0.6) is 0 Å². The Hall–Kier alpha value is -1.10. The summed E-state index contributed by atoms with van der Waals surface area (Å²) in [6.45, 7) is 3.38. The summed E-state index contributed by atoms with van der Waals surface area (Å²) < 4.78 is 0. The molecule has 0 saturated carbocycles. The van der Waals surface area contributed by atoms with E-state index in [2.05, 4.69) is 10.6 Å². The first kappa shape index (κ1) is 15.3. The van der Waals surface area contributed by atoms with Gasteiger partial charge in [-0.1, -0.05) is 6.42 Å². The maximum atomic E-state index is 11.8. The predicted octanol–water partition coefficient (Wildman–Crippen LogP) is 1.04. The third-order valence-electron chi connectivity index (χ3n) is 4.19. The third-order valence-corrected chi connectivity index (χ3v) is 4.19. The standard InChI is InChI=1S/C15H27N3O2/c19-14(12-13-6-4-8-16-13)17-9-5-11-18-10-3-1-2-7-15(18)20/h13,16H,1-12H2,(H,17,19). The maximum absolute atomic E-state index is 11.8. The van der Waals surface area contributed by atoms with E-state index in [1.165, 1.54) is 6.42 Å². The van der Waals surface area contributed by atoms with E-state index >= 15 is 0 Å². The van der Waals surface area contributed by atoms with Gasteiger partial charge >= 0.3 is 0 Å². The van der Waals surface area contributed by atoms with E-state index in [1.54, 1.807) is 0 Å². The van der Waals surface area contributed by atoms with Crippen molar-refractivity contribution in [2.75, 3.05) is 26.2 Å². The van der Waals surface area contributed by atoms with E-state index in [1.807, 2.05) is 4.90 Å². The largest absolute Gasteiger partial charge is 0.356 e. The van der Waals surface area contributed by atoms with Crippen LogP contribution in [0, 0.1) is 0 Å². The molecule has 0 spiro atoms. The molecule has 0 radical (unpaired) electrons. The summed E-state index contributed by atoms with van der Waals surface area (Å²) in [4.78, 5) is 25.5. The van der Waals surface area contributed by atoms with Gasteiger partial charge in [0.05, 0.1) is 0 Å². The molecular weight excluding hydrogens is 254 g/mol. The molecule has 5 heteroatoms. The SMILES string of the molecule is O=C(CC1CCCN1)NCCCN1CCCCCC1=O. The molecule has 0 aromatic rings. The van der Waals surface area contributed by atoms with E-state index in [9.17, 15) is 9.59 Å². The highest BCUT2D eigenvalue weighted by Crippen LogP contribution is 2.11. The average molecular weight is 281 g/mol. The minimum Gasteiger partial charge on any atom is -0.356 e. The minimum absolute atomic E-state index is 0.131. The lowest BCUT2D eigenvalue weighted by atomic mass is 10.1. The predicted molar refractivity (Wildman–Crippen MR) is 78.3 cm³/mol. The second-order valence-electron chi connectivity index (χ2n) is 5.89. The molecule has 2 fully saturated rings. The molecule has 1 atom stereocenters. The molecule has 0 aliphatic carbocycles. The van der Waals surface area contributed by atoms with Crippen LogP contribution in [0.25, 0.3) is 0 Å². The monoisotopic (exact) mass is 281 g/mol. The number of rotatable bonds is 6. The fraction of sp³-hybridized carbons (Fsp3) is 0.867. The zero-order valence-corrected chi connectivity index (χ0v) is 12.3. The molecule has 20 heavy (non-hydrogen) atoms. The number of nitrogens with zero attached hydrogens (tertiary/aromatic N) is 1. The van der Waals surface area contributed by atoms with Crippen LogP contribution in [0.15, 0.2) is 0 Å². The highest BCUT2D eigenvalue weighted by atomic mass is 16.2. The van der Waals surface area contributed by atoms with Crippen molar-refractivity contribution in [1.29, 1.82) is 0 Å². The zero-order chi connectivity index (χ0) is 14.2. The van der Waals surface area contributed by atoms with Crippen molar-refractivity contribution in [3.8, 4) is 0 Å². The topological polar surface area (TPSA) is 61.4 Å². The van der Waals surface area contributed by atoms with Crippen LogP contribution < -0.4 is 10.6 Å². The van der Waals surface area contributed by atoms with Gasteiger partial charge < -0.3 is 15.5 Å². The highest BCUT2D eigenvalue weighted by molar-refractivity contribution is 5.77. The Bertz CT molecular complexity index is 327. The first-order valence-electron chi connectivity index (χ1n) is 8.03. The van der Waals surface area contributed by atoms with Gasteiger partial charge in [-0.2, -0.15) is 0 Å². The van der Waals surface area contributed by atoms with Crippen LogP contribution >= 0.6 is 0 Å². The van der Waals surface area contributed by atoms with Crippen LogP contribution in [0.1, 0.15) is 51.4 Å². The van der Waals surface area contributed by atoms with Crippen molar-refractivity contribution in [2.24, 2.45) is 0 Å². The molecule has 2 rings (SSSR count). The molecule has 0 aromatic heterocycles. The zero-order valence-electron chi connectivity index (χ0n) is 12.3. The molecule has 0 aromatic carbocycles. The molecule has 2 aliphatic rings. The fourth-order valence-electron chi connectivity index (χ4n) is 3.00. The van der Waals surface area contributed by atoms with Crippen molar-refractivity contribution >= 4 is 11.8 Å². The quantitative estimate of drug-likeness (QED) is 0.715. The normalized spacial score (nSPS) is 23.7. The first-order chi connectivity index (χ1) is 9.75. The van der Waals surface area contributed by atoms with Crippen molar-refractivity contribution in [3.05, 3.63) is 0 Å². The second-order valence-corrected chi connectivity index (χ2v) is 5.89. The lowest BCUT2D eigenvalue weighted by Crippen LogP contribution is -2.35. The van der Waals surface area contributed by atoms with E-state index < -0.39 is 0 Å². The van der Waals surface area contributed by atoms with Crippen LogP contribution in [0.4, 0.5) is 0 Å². The number of nitrogens with one attached hydrogen (secondary N) is 2. The van der Waals surface area contributed by atoms with Gasteiger partial charge in [0.2, 0.25) is 11.8 Å². The summed E-state index contributed by atoms with van der Waals surface area (Å²) in [5, 5.41) is 6.29.